The fourth-order valence-corrected chi connectivity index (χ4v) is 6.56. The molecule has 5 rings (SSSR count). The Kier molecular flexibility index (Phi) is 15.8. The van der Waals surface area contributed by atoms with Crippen molar-refractivity contribution in [2.24, 2.45) is 0 Å². The monoisotopic (exact) mass is 778 g/mol. The van der Waals surface area contributed by atoms with Crippen molar-refractivity contribution in [1.82, 2.24) is 9.80 Å². The molecular formula is C48H46N2O4S2. The van der Waals surface area contributed by atoms with E-state index in [9.17, 15) is 4.79 Å². The predicted octanol–water partition coefficient (Wildman–Crippen LogP) is 8.55. The summed E-state index contributed by atoms with van der Waals surface area (Å²) >= 11 is 3.09. The van der Waals surface area contributed by atoms with E-state index in [1.54, 1.807) is 30.4 Å². The topological polar surface area (TPSA) is 51.2 Å². The molecule has 0 fully saturated rings. The first kappa shape index (κ1) is 41.5. The molecule has 56 heavy (non-hydrogen) atoms. The predicted molar refractivity (Wildman–Crippen MR) is 230 cm³/mol. The van der Waals surface area contributed by atoms with Crippen LogP contribution in [0.5, 0.6) is 11.5 Å². The molecule has 3 aromatic carbocycles. The van der Waals surface area contributed by atoms with Crippen LogP contribution in [0.2, 0.25) is 0 Å². The Morgan fingerprint density at radius 3 is 1.39 bits per heavy atom. The van der Waals surface area contributed by atoms with Crippen molar-refractivity contribution in [3.05, 3.63) is 138 Å². The van der Waals surface area contributed by atoms with Crippen molar-refractivity contribution < 1.29 is 19.0 Å². The zero-order valence-electron chi connectivity index (χ0n) is 32.9. The van der Waals surface area contributed by atoms with Crippen LogP contribution in [0.15, 0.2) is 84.9 Å². The third-order valence-electron chi connectivity index (χ3n) is 8.06. The van der Waals surface area contributed by atoms with Crippen LogP contribution in [-0.4, -0.2) is 76.9 Å². The number of hydrogen-bond acceptors (Lipinski definition) is 8. The number of benzene rings is 3. The number of carbonyl (C=O) groups is 1. The van der Waals surface area contributed by atoms with Crippen molar-refractivity contribution in [3.8, 4) is 58.9 Å². The summed E-state index contributed by atoms with van der Waals surface area (Å²) in [6.45, 7) is 7.09. The lowest BCUT2D eigenvalue weighted by atomic mass is 10.1. The lowest BCUT2D eigenvalue weighted by molar-refractivity contribution is 0.0526. The minimum atomic E-state index is -0.339. The van der Waals surface area contributed by atoms with Crippen LogP contribution >= 0.6 is 22.7 Å². The van der Waals surface area contributed by atoms with Gasteiger partial charge in [-0.1, -0.05) is 65.1 Å². The number of rotatable bonds is 12. The second kappa shape index (κ2) is 21.4. The molecule has 0 amide bonds. The van der Waals surface area contributed by atoms with Crippen LogP contribution in [-0.2, 0) is 4.74 Å². The number of carbonyl (C=O) groups excluding carboxylic acids is 1. The molecule has 2 aromatic heterocycles. The second-order valence-corrected chi connectivity index (χ2v) is 15.5. The van der Waals surface area contributed by atoms with E-state index < -0.39 is 0 Å². The van der Waals surface area contributed by atoms with E-state index in [1.807, 2.05) is 60.7 Å². The highest BCUT2D eigenvalue weighted by molar-refractivity contribution is 7.13. The summed E-state index contributed by atoms with van der Waals surface area (Å²) in [6, 6.07) is 27.2. The Labute approximate surface area is 340 Å². The normalized spacial score (nSPS) is 10.3. The summed E-state index contributed by atoms with van der Waals surface area (Å²) in [4.78, 5) is 19.9. The number of ether oxygens (including phenoxy) is 3. The van der Waals surface area contributed by atoms with Gasteiger partial charge < -0.3 is 24.0 Å². The van der Waals surface area contributed by atoms with E-state index in [0.717, 1.165) is 67.7 Å². The average Bonchev–Trinajstić information content (AvgIpc) is 3.85. The summed E-state index contributed by atoms with van der Waals surface area (Å²) in [5.74, 6) is 27.3. The fourth-order valence-electron chi connectivity index (χ4n) is 5.13. The molecule has 0 aliphatic heterocycles. The molecule has 6 nitrogen and oxygen atoms in total. The van der Waals surface area contributed by atoms with Gasteiger partial charge in [0.25, 0.3) is 0 Å². The van der Waals surface area contributed by atoms with E-state index in [4.69, 9.17) is 14.2 Å². The van der Waals surface area contributed by atoms with Gasteiger partial charge in [0.05, 0.1) is 56.0 Å². The van der Waals surface area contributed by atoms with Gasteiger partial charge >= 0.3 is 5.97 Å². The van der Waals surface area contributed by atoms with Crippen molar-refractivity contribution >= 4 is 28.6 Å². The molecule has 0 aliphatic rings. The molecule has 0 unspecified atom stereocenters. The lowest BCUT2D eigenvalue weighted by Crippen LogP contribution is -2.16. The second-order valence-electron chi connectivity index (χ2n) is 13.3. The average molecular weight is 779 g/mol. The van der Waals surface area contributed by atoms with E-state index in [-0.39, 0.29) is 5.97 Å². The van der Waals surface area contributed by atoms with Gasteiger partial charge in [0.15, 0.2) is 0 Å². The molecule has 284 valence electrons. The van der Waals surface area contributed by atoms with Crippen LogP contribution in [0.25, 0.3) is 0 Å². The molecule has 0 aliphatic carbocycles. The van der Waals surface area contributed by atoms with Crippen molar-refractivity contribution in [1.29, 1.82) is 0 Å². The highest BCUT2D eigenvalue weighted by atomic mass is 32.1. The van der Waals surface area contributed by atoms with E-state index in [1.165, 1.54) is 16.9 Å². The number of nitrogens with zero attached hydrogens (tertiary/aromatic N) is 2. The van der Waals surface area contributed by atoms with Gasteiger partial charge in [-0.05, 0) is 116 Å². The maximum absolute atomic E-state index is 12.0. The van der Waals surface area contributed by atoms with Crippen LogP contribution in [0.1, 0.15) is 77.4 Å². The molecule has 0 spiro atoms. The largest absolute Gasteiger partial charge is 0.492 e. The van der Waals surface area contributed by atoms with Gasteiger partial charge in [0.1, 0.15) is 11.5 Å². The Morgan fingerprint density at radius 1 is 0.571 bits per heavy atom. The van der Waals surface area contributed by atoms with Gasteiger partial charge in [-0.25, -0.2) is 4.79 Å². The zero-order valence-corrected chi connectivity index (χ0v) is 34.5. The standard InChI is InChI=1S/C48H46N2O4S2/c1-7-52-48(51)39-18-14-38(15-19-39)17-23-43-27-29-45(56-43)25-21-41-35-46(53-32-8-30-49(3)4)40(34-47(41)54-33-9-31-50(5)6)20-24-44-28-26-42(55-44)22-16-37-12-10-36(2)11-13-37/h10-15,18-19,26-29,34-35H,7-9,30-33H2,1-6H3. The minimum absolute atomic E-state index is 0.338. The maximum atomic E-state index is 12.0. The molecule has 8 heteroatoms. The first-order chi connectivity index (χ1) is 27.1. The number of thiophene rings is 2. The molecule has 0 atom stereocenters. The summed E-state index contributed by atoms with van der Waals surface area (Å²) in [7, 11) is 8.22. The molecule has 0 radical (unpaired) electrons. The summed E-state index contributed by atoms with van der Waals surface area (Å²) in [5, 5.41) is 0. The Balaban J connectivity index is 1.41. The SMILES string of the molecule is CCOC(=O)c1ccc(C#Cc2ccc(C#Cc3cc(OCCCN(C)C)c(C#Cc4ccc(C#Cc5ccc(C)cc5)s4)cc3OCCCN(C)C)s2)cc1. The van der Waals surface area contributed by atoms with Gasteiger partial charge in [0.2, 0.25) is 0 Å². The van der Waals surface area contributed by atoms with Crippen molar-refractivity contribution in [2.45, 2.75) is 26.7 Å². The molecular weight excluding hydrogens is 733 g/mol. The van der Waals surface area contributed by atoms with Crippen LogP contribution < -0.4 is 9.47 Å². The molecule has 0 N–H and O–H groups in total. The highest BCUT2D eigenvalue weighted by Gasteiger charge is 2.12. The van der Waals surface area contributed by atoms with Crippen LogP contribution in [0.3, 0.4) is 0 Å². The smallest absolute Gasteiger partial charge is 0.338 e. The van der Waals surface area contributed by atoms with Crippen molar-refractivity contribution in [3.63, 3.8) is 0 Å². The molecule has 0 saturated carbocycles. The minimum Gasteiger partial charge on any atom is -0.492 e. The number of esters is 1. The summed E-state index contributed by atoms with van der Waals surface area (Å²) < 4.78 is 17.8. The van der Waals surface area contributed by atoms with E-state index in [0.29, 0.717) is 36.9 Å². The van der Waals surface area contributed by atoms with Crippen LogP contribution in [0, 0.1) is 54.3 Å². The van der Waals surface area contributed by atoms with Crippen LogP contribution in [0.4, 0.5) is 0 Å². The fraction of sp³-hybridized carbons (Fsp3) is 0.271. The molecule has 2 heterocycles. The molecule has 0 bridgehead atoms. The van der Waals surface area contributed by atoms with Gasteiger partial charge in [-0.15, -0.1) is 22.7 Å². The third kappa shape index (κ3) is 13.5. The summed E-state index contributed by atoms with van der Waals surface area (Å²) in [6.07, 6.45) is 1.73. The first-order valence-electron chi connectivity index (χ1n) is 18.5. The quantitative estimate of drug-likeness (QED) is 0.0720. The Hall–Kier alpha value is -5.71. The van der Waals surface area contributed by atoms with E-state index in [2.05, 4.69) is 104 Å². The van der Waals surface area contributed by atoms with Gasteiger partial charge in [0, 0.05) is 36.3 Å². The lowest BCUT2D eigenvalue weighted by Gasteiger charge is -2.15. The first-order valence-corrected chi connectivity index (χ1v) is 20.1. The van der Waals surface area contributed by atoms with Crippen molar-refractivity contribution in [2.75, 3.05) is 61.1 Å². The van der Waals surface area contributed by atoms with Gasteiger partial charge in [-0.2, -0.15) is 0 Å². The third-order valence-corrected chi connectivity index (χ3v) is 9.89. The molecule has 0 saturated heterocycles. The molecule has 5 aromatic rings. The number of aryl methyl sites for hydroxylation is 1. The summed E-state index contributed by atoms with van der Waals surface area (Å²) in [5.41, 5.74) is 4.99. The number of hydrogen-bond donors (Lipinski definition) is 0. The Morgan fingerprint density at radius 2 is 0.982 bits per heavy atom. The Bertz CT molecular complexity index is 2340. The highest BCUT2D eigenvalue weighted by Crippen LogP contribution is 2.30. The zero-order chi connectivity index (χ0) is 39.7. The van der Waals surface area contributed by atoms with Gasteiger partial charge in [-0.3, -0.25) is 0 Å². The van der Waals surface area contributed by atoms with E-state index >= 15 is 0 Å². The maximum Gasteiger partial charge on any atom is 0.338 e.